The number of hydrogen-bond acceptors (Lipinski definition) is 5. The van der Waals surface area contributed by atoms with Crippen LogP contribution >= 0.6 is 0 Å². The molecule has 0 radical (unpaired) electrons. The number of pyridine rings is 1. The molecule has 1 atom stereocenters. The van der Waals surface area contributed by atoms with Crippen LogP contribution in [0.25, 0.3) is 10.9 Å². The van der Waals surface area contributed by atoms with Gasteiger partial charge in [0.2, 0.25) is 0 Å². The Bertz CT molecular complexity index is 1120. The average molecular weight is 437 g/mol. The van der Waals surface area contributed by atoms with Gasteiger partial charge in [0, 0.05) is 18.2 Å². The van der Waals surface area contributed by atoms with Gasteiger partial charge < -0.3 is 4.98 Å². The number of fused-ring (bicyclic) bond motifs is 1. The van der Waals surface area contributed by atoms with Crippen LogP contribution in [-0.2, 0) is 12.1 Å². The summed E-state index contributed by atoms with van der Waals surface area (Å²) in [4.78, 5) is 18.7. The van der Waals surface area contributed by atoms with Gasteiger partial charge >= 0.3 is 0 Å². The van der Waals surface area contributed by atoms with Crippen molar-refractivity contribution in [2.75, 3.05) is 0 Å². The maximum atomic E-state index is 13.1. The topological polar surface area (TPSA) is 79.7 Å². The summed E-state index contributed by atoms with van der Waals surface area (Å²) in [7, 11) is 0. The molecule has 3 aromatic rings. The molecular weight excluding hydrogens is 400 g/mol. The maximum absolute atomic E-state index is 13.1. The molecule has 0 bridgehead atoms. The summed E-state index contributed by atoms with van der Waals surface area (Å²) < 4.78 is 2.00. The number of aromatic nitrogens is 5. The third-order valence-corrected chi connectivity index (χ3v) is 7.33. The first kappa shape index (κ1) is 22.6. The Morgan fingerprint density at radius 2 is 2.00 bits per heavy atom. The van der Waals surface area contributed by atoms with Crippen molar-refractivity contribution < 1.29 is 0 Å². The standard InChI is InChI=1S/C25H36N6O/c1-6-21(23-27-28-29-31(23)25(4,5)7-2)30(20-13-8-9-14-20)16-19-15-18-12-10-11-17(3)22(18)26-24(19)32/h10-12,15,20-21H,6-9,13-14,16H2,1-5H3,(H,26,32)/t21-/m1/s1. The minimum atomic E-state index is -0.161. The van der Waals surface area contributed by atoms with Crippen LogP contribution < -0.4 is 5.56 Å². The molecule has 1 saturated carbocycles. The van der Waals surface area contributed by atoms with Crippen molar-refractivity contribution in [3.05, 3.63) is 51.6 Å². The monoisotopic (exact) mass is 436 g/mol. The second kappa shape index (κ2) is 9.14. The summed E-state index contributed by atoms with van der Waals surface area (Å²) in [5, 5.41) is 14.0. The van der Waals surface area contributed by atoms with Crippen molar-refractivity contribution in [1.29, 1.82) is 0 Å². The van der Waals surface area contributed by atoms with Gasteiger partial charge in [-0.3, -0.25) is 9.69 Å². The Kier molecular flexibility index (Phi) is 6.47. The highest BCUT2D eigenvalue weighted by atomic mass is 16.1. The molecule has 1 aliphatic rings. The van der Waals surface area contributed by atoms with Crippen molar-refractivity contribution in [3.8, 4) is 0 Å². The van der Waals surface area contributed by atoms with Crippen molar-refractivity contribution >= 4 is 10.9 Å². The minimum absolute atomic E-state index is 0.00173. The molecule has 4 rings (SSSR count). The second-order valence-corrected chi connectivity index (χ2v) is 9.81. The fourth-order valence-corrected chi connectivity index (χ4v) is 5.02. The molecular formula is C25H36N6O. The van der Waals surface area contributed by atoms with Crippen LogP contribution in [0, 0.1) is 6.92 Å². The number of tetrazole rings is 1. The summed E-state index contributed by atoms with van der Waals surface area (Å²) in [5.74, 6) is 0.902. The highest BCUT2D eigenvalue weighted by Crippen LogP contribution is 2.35. The molecule has 7 nitrogen and oxygen atoms in total. The van der Waals surface area contributed by atoms with Crippen molar-refractivity contribution in [1.82, 2.24) is 30.1 Å². The van der Waals surface area contributed by atoms with Gasteiger partial charge in [-0.1, -0.05) is 44.9 Å². The quantitative estimate of drug-likeness (QED) is 0.545. The van der Waals surface area contributed by atoms with E-state index in [2.05, 4.69) is 65.2 Å². The second-order valence-electron chi connectivity index (χ2n) is 9.81. The number of H-pyrrole nitrogens is 1. The molecule has 32 heavy (non-hydrogen) atoms. The molecule has 0 unspecified atom stereocenters. The van der Waals surface area contributed by atoms with E-state index in [9.17, 15) is 4.79 Å². The number of aryl methyl sites for hydroxylation is 1. The van der Waals surface area contributed by atoms with Gasteiger partial charge in [0.25, 0.3) is 5.56 Å². The zero-order chi connectivity index (χ0) is 22.9. The van der Waals surface area contributed by atoms with Crippen LogP contribution in [0.1, 0.15) is 89.2 Å². The largest absolute Gasteiger partial charge is 0.321 e. The fourth-order valence-electron chi connectivity index (χ4n) is 5.02. The van der Waals surface area contributed by atoms with E-state index in [1.807, 2.05) is 23.7 Å². The molecule has 1 aromatic carbocycles. The van der Waals surface area contributed by atoms with Crippen molar-refractivity contribution in [3.63, 3.8) is 0 Å². The number of hydrogen-bond donors (Lipinski definition) is 1. The first-order valence-electron chi connectivity index (χ1n) is 12.0. The molecule has 172 valence electrons. The van der Waals surface area contributed by atoms with Gasteiger partial charge in [0.15, 0.2) is 5.82 Å². The van der Waals surface area contributed by atoms with Gasteiger partial charge in [0.05, 0.1) is 17.1 Å². The van der Waals surface area contributed by atoms with E-state index in [1.165, 1.54) is 12.8 Å². The van der Waals surface area contributed by atoms with E-state index in [0.717, 1.165) is 53.5 Å². The van der Waals surface area contributed by atoms with Crippen molar-refractivity contribution in [2.45, 2.75) is 97.3 Å². The number of nitrogens with one attached hydrogen (secondary N) is 1. The van der Waals surface area contributed by atoms with Crippen LogP contribution in [-0.4, -0.2) is 36.1 Å². The molecule has 1 fully saturated rings. The lowest BCUT2D eigenvalue weighted by atomic mass is 10.00. The summed E-state index contributed by atoms with van der Waals surface area (Å²) in [6, 6.07) is 8.71. The molecule has 0 aliphatic heterocycles. The first-order valence-corrected chi connectivity index (χ1v) is 12.0. The van der Waals surface area contributed by atoms with Crippen LogP contribution in [0.4, 0.5) is 0 Å². The van der Waals surface area contributed by atoms with E-state index in [-0.39, 0.29) is 17.1 Å². The molecule has 0 amide bonds. The molecule has 0 spiro atoms. The Morgan fingerprint density at radius 3 is 2.69 bits per heavy atom. The first-order chi connectivity index (χ1) is 15.4. The smallest absolute Gasteiger partial charge is 0.252 e. The zero-order valence-corrected chi connectivity index (χ0v) is 20.1. The van der Waals surface area contributed by atoms with E-state index in [1.54, 1.807) is 0 Å². The molecule has 1 aliphatic carbocycles. The predicted octanol–water partition coefficient (Wildman–Crippen LogP) is 4.86. The van der Waals surface area contributed by atoms with Crippen LogP contribution in [0.3, 0.4) is 0 Å². The highest BCUT2D eigenvalue weighted by molar-refractivity contribution is 5.81. The normalized spacial score (nSPS) is 16.3. The molecule has 7 heteroatoms. The summed E-state index contributed by atoms with van der Waals surface area (Å²) in [6.07, 6.45) is 6.60. The number of para-hydroxylation sites is 1. The Balaban J connectivity index is 1.76. The Labute approximate surface area is 190 Å². The number of rotatable bonds is 8. The minimum Gasteiger partial charge on any atom is -0.321 e. The summed E-state index contributed by atoms with van der Waals surface area (Å²) in [5.41, 5.74) is 2.66. The average Bonchev–Trinajstić information content (AvgIpc) is 3.47. The number of aromatic amines is 1. The van der Waals surface area contributed by atoms with Crippen LogP contribution in [0.15, 0.2) is 29.1 Å². The molecule has 1 N–H and O–H groups in total. The van der Waals surface area contributed by atoms with Gasteiger partial charge in [-0.2, -0.15) is 0 Å². The zero-order valence-electron chi connectivity index (χ0n) is 20.1. The molecule has 2 aromatic heterocycles. The lowest BCUT2D eigenvalue weighted by Crippen LogP contribution is -2.40. The van der Waals surface area contributed by atoms with E-state index >= 15 is 0 Å². The van der Waals surface area contributed by atoms with E-state index in [0.29, 0.717) is 12.6 Å². The van der Waals surface area contributed by atoms with E-state index < -0.39 is 0 Å². The van der Waals surface area contributed by atoms with Gasteiger partial charge in [-0.05, 0) is 73.9 Å². The SMILES string of the molecule is CC[C@H](c1nnnn1C(C)(C)CC)N(Cc1cc2cccc(C)c2[nH]c1=O)C1CCCC1. The third-order valence-electron chi connectivity index (χ3n) is 7.33. The molecule has 0 saturated heterocycles. The predicted molar refractivity (Wildman–Crippen MR) is 128 cm³/mol. The fraction of sp³-hybridized carbons (Fsp3) is 0.600. The van der Waals surface area contributed by atoms with Gasteiger partial charge in [-0.25, -0.2) is 4.68 Å². The Hall–Kier alpha value is -2.54. The van der Waals surface area contributed by atoms with Gasteiger partial charge in [0.1, 0.15) is 0 Å². The van der Waals surface area contributed by atoms with Gasteiger partial charge in [-0.15, -0.1) is 5.10 Å². The Morgan fingerprint density at radius 1 is 1.25 bits per heavy atom. The number of nitrogens with zero attached hydrogens (tertiary/aromatic N) is 5. The molecule has 2 heterocycles. The van der Waals surface area contributed by atoms with E-state index in [4.69, 9.17) is 0 Å². The van der Waals surface area contributed by atoms with Crippen molar-refractivity contribution in [2.24, 2.45) is 0 Å². The van der Waals surface area contributed by atoms with Crippen LogP contribution in [0.5, 0.6) is 0 Å². The lowest BCUT2D eigenvalue weighted by molar-refractivity contribution is 0.106. The lowest BCUT2D eigenvalue weighted by Gasteiger charge is -2.36. The maximum Gasteiger partial charge on any atom is 0.252 e. The third kappa shape index (κ3) is 4.22. The van der Waals surface area contributed by atoms with Crippen LogP contribution in [0.2, 0.25) is 0 Å². The summed E-state index contributed by atoms with van der Waals surface area (Å²) in [6.45, 7) is 11.3. The highest BCUT2D eigenvalue weighted by Gasteiger charge is 2.35. The summed E-state index contributed by atoms with van der Waals surface area (Å²) >= 11 is 0. The number of benzene rings is 1.